The summed E-state index contributed by atoms with van der Waals surface area (Å²) < 4.78 is 12.0. The van der Waals surface area contributed by atoms with E-state index in [1.807, 2.05) is 80.0 Å². The van der Waals surface area contributed by atoms with Crippen molar-refractivity contribution >= 4 is 22.9 Å². The number of fused-ring (bicyclic) bond motifs is 2. The summed E-state index contributed by atoms with van der Waals surface area (Å²) in [6.07, 6.45) is 2.09. The van der Waals surface area contributed by atoms with Crippen LogP contribution in [0.25, 0.3) is 10.9 Å². The number of H-pyrrole nitrogens is 1. The topological polar surface area (TPSA) is 74.9 Å². The Bertz CT molecular complexity index is 1240. The molecule has 0 bridgehead atoms. The van der Waals surface area contributed by atoms with Crippen LogP contribution >= 0.6 is 0 Å². The van der Waals surface area contributed by atoms with Gasteiger partial charge in [-0.05, 0) is 70.2 Å². The van der Waals surface area contributed by atoms with Gasteiger partial charge in [-0.25, -0.2) is 4.79 Å². The maximum absolute atomic E-state index is 13.6. The highest BCUT2D eigenvalue weighted by Crippen LogP contribution is 2.39. The fourth-order valence-electron chi connectivity index (χ4n) is 5.78. The van der Waals surface area contributed by atoms with Crippen LogP contribution in [0.1, 0.15) is 68.2 Å². The van der Waals surface area contributed by atoms with E-state index in [4.69, 9.17) is 9.47 Å². The molecule has 1 N–H and O–H groups in total. The standard InChI is InChI=1S/C30H37N3O4/c1-5-32(28(34)26-16-21-11-7-9-13-25(21)31-26)22-17-23(19-36-18-22)33(29(35)37-30(2,3)4)27-15-14-20-10-6-8-12-24(20)27/h6-13,16,22-23,27,31H,5,14-15,17-19H2,1-4H3. The summed E-state index contributed by atoms with van der Waals surface area (Å²) in [4.78, 5) is 34.2. The minimum Gasteiger partial charge on any atom is -0.444 e. The van der Waals surface area contributed by atoms with Gasteiger partial charge in [-0.3, -0.25) is 9.69 Å². The molecule has 3 aromatic rings. The van der Waals surface area contributed by atoms with Crippen LogP contribution in [0.3, 0.4) is 0 Å². The van der Waals surface area contributed by atoms with Crippen LogP contribution < -0.4 is 0 Å². The summed E-state index contributed by atoms with van der Waals surface area (Å²) in [5.74, 6) is -0.0528. The number of nitrogens with one attached hydrogen (secondary N) is 1. The number of ether oxygens (including phenoxy) is 2. The third-order valence-electron chi connectivity index (χ3n) is 7.40. The highest BCUT2D eigenvalue weighted by molar-refractivity contribution is 5.98. The lowest BCUT2D eigenvalue weighted by Crippen LogP contribution is -2.55. The Labute approximate surface area is 218 Å². The number of benzene rings is 2. The molecule has 0 spiro atoms. The average molecular weight is 504 g/mol. The maximum Gasteiger partial charge on any atom is 0.411 e. The Morgan fingerprint density at radius 1 is 1.05 bits per heavy atom. The predicted molar refractivity (Wildman–Crippen MR) is 144 cm³/mol. The van der Waals surface area contributed by atoms with Gasteiger partial charge in [-0.1, -0.05) is 42.5 Å². The molecule has 2 amide bonds. The number of aryl methyl sites for hydroxylation is 1. The molecule has 1 aromatic heterocycles. The number of aromatic amines is 1. The van der Waals surface area contributed by atoms with Crippen molar-refractivity contribution in [3.05, 3.63) is 71.4 Å². The summed E-state index contributed by atoms with van der Waals surface area (Å²) >= 11 is 0. The first-order valence-electron chi connectivity index (χ1n) is 13.3. The number of carbonyl (C=O) groups excluding carboxylic acids is 2. The van der Waals surface area contributed by atoms with E-state index in [2.05, 4.69) is 17.1 Å². The molecular formula is C30H37N3O4. The van der Waals surface area contributed by atoms with Gasteiger partial charge in [-0.15, -0.1) is 0 Å². The normalized spacial score (nSPS) is 21.5. The predicted octanol–water partition coefficient (Wildman–Crippen LogP) is 5.71. The number of amides is 2. The molecule has 1 fully saturated rings. The Kier molecular flexibility index (Phi) is 6.99. The van der Waals surface area contributed by atoms with Crippen LogP contribution in [0, 0.1) is 0 Å². The molecule has 7 heteroatoms. The van der Waals surface area contributed by atoms with Crippen molar-refractivity contribution in [2.24, 2.45) is 0 Å². The van der Waals surface area contributed by atoms with E-state index in [0.29, 0.717) is 31.9 Å². The second-order valence-electron chi connectivity index (χ2n) is 11.1. The molecule has 7 nitrogen and oxygen atoms in total. The van der Waals surface area contributed by atoms with Crippen LogP contribution in [0.15, 0.2) is 54.6 Å². The molecule has 1 aliphatic heterocycles. The van der Waals surface area contributed by atoms with Gasteiger partial charge in [0.2, 0.25) is 0 Å². The van der Waals surface area contributed by atoms with E-state index < -0.39 is 5.60 Å². The molecule has 37 heavy (non-hydrogen) atoms. The van der Waals surface area contributed by atoms with Gasteiger partial charge >= 0.3 is 6.09 Å². The number of hydrogen-bond acceptors (Lipinski definition) is 4. The number of likely N-dealkylation sites (N-methyl/N-ethyl adjacent to an activating group) is 1. The molecule has 3 unspecified atom stereocenters. The molecule has 0 radical (unpaired) electrons. The number of aromatic nitrogens is 1. The molecule has 1 aliphatic carbocycles. The molecule has 3 atom stereocenters. The number of carbonyl (C=O) groups is 2. The first kappa shape index (κ1) is 25.3. The average Bonchev–Trinajstić information content (AvgIpc) is 3.49. The van der Waals surface area contributed by atoms with Crippen LogP contribution in [-0.4, -0.2) is 64.2 Å². The molecule has 2 aromatic carbocycles. The van der Waals surface area contributed by atoms with Gasteiger partial charge in [0.15, 0.2) is 0 Å². The SMILES string of the molecule is CCN(C(=O)c1cc2ccccc2[nH]1)C1COCC(N(C(=O)OC(C)(C)C)C2CCc3ccccc32)C1. The number of hydrogen-bond donors (Lipinski definition) is 1. The third-order valence-corrected chi connectivity index (χ3v) is 7.40. The van der Waals surface area contributed by atoms with Crippen molar-refractivity contribution < 1.29 is 19.1 Å². The summed E-state index contributed by atoms with van der Waals surface area (Å²) in [7, 11) is 0. The number of para-hydroxylation sites is 1. The quantitative estimate of drug-likeness (QED) is 0.484. The lowest BCUT2D eigenvalue weighted by atomic mass is 9.98. The molecule has 0 saturated carbocycles. The summed E-state index contributed by atoms with van der Waals surface area (Å²) in [5, 5.41) is 1.01. The summed E-state index contributed by atoms with van der Waals surface area (Å²) in [6.45, 7) is 9.08. The van der Waals surface area contributed by atoms with Gasteiger partial charge in [0.05, 0.1) is 31.3 Å². The molecule has 5 rings (SSSR count). The number of nitrogens with zero attached hydrogens (tertiary/aromatic N) is 2. The largest absolute Gasteiger partial charge is 0.444 e. The van der Waals surface area contributed by atoms with Gasteiger partial charge in [0.1, 0.15) is 11.3 Å². The van der Waals surface area contributed by atoms with Crippen molar-refractivity contribution in [3.8, 4) is 0 Å². The summed E-state index contributed by atoms with van der Waals surface area (Å²) in [5.41, 5.74) is 3.36. The van der Waals surface area contributed by atoms with Crippen molar-refractivity contribution in [1.82, 2.24) is 14.8 Å². The Hall–Kier alpha value is -3.32. The monoisotopic (exact) mass is 503 g/mol. The smallest absolute Gasteiger partial charge is 0.411 e. The highest BCUT2D eigenvalue weighted by atomic mass is 16.6. The fourth-order valence-corrected chi connectivity index (χ4v) is 5.78. The first-order chi connectivity index (χ1) is 17.7. The van der Waals surface area contributed by atoms with Crippen molar-refractivity contribution in [1.29, 1.82) is 0 Å². The molecule has 2 aliphatic rings. The molecule has 1 saturated heterocycles. The Balaban J connectivity index is 1.41. The van der Waals surface area contributed by atoms with Crippen LogP contribution in [0.5, 0.6) is 0 Å². The fraction of sp³-hybridized carbons (Fsp3) is 0.467. The Morgan fingerprint density at radius 2 is 1.78 bits per heavy atom. The van der Waals surface area contributed by atoms with Crippen LogP contribution in [-0.2, 0) is 15.9 Å². The van der Waals surface area contributed by atoms with Crippen molar-refractivity contribution in [2.75, 3.05) is 19.8 Å². The van der Waals surface area contributed by atoms with E-state index in [1.54, 1.807) is 0 Å². The second-order valence-corrected chi connectivity index (χ2v) is 11.1. The molecule has 2 heterocycles. The van der Waals surface area contributed by atoms with E-state index in [0.717, 1.165) is 23.7 Å². The van der Waals surface area contributed by atoms with Crippen molar-refractivity contribution in [3.63, 3.8) is 0 Å². The lowest BCUT2D eigenvalue weighted by Gasteiger charge is -2.43. The van der Waals surface area contributed by atoms with Crippen LogP contribution in [0.4, 0.5) is 4.79 Å². The third kappa shape index (κ3) is 5.23. The minimum atomic E-state index is -0.608. The second kappa shape index (κ2) is 10.2. The summed E-state index contributed by atoms with van der Waals surface area (Å²) in [6, 6.07) is 17.7. The van der Waals surface area contributed by atoms with E-state index in [-0.39, 0.29) is 30.1 Å². The Morgan fingerprint density at radius 3 is 2.54 bits per heavy atom. The zero-order chi connectivity index (χ0) is 26.2. The van der Waals surface area contributed by atoms with Gasteiger partial charge < -0.3 is 19.4 Å². The van der Waals surface area contributed by atoms with Crippen LogP contribution in [0.2, 0.25) is 0 Å². The lowest BCUT2D eigenvalue weighted by molar-refractivity contribution is -0.0503. The van der Waals surface area contributed by atoms with E-state index in [1.165, 1.54) is 11.1 Å². The minimum absolute atomic E-state index is 0.0528. The molecular weight excluding hydrogens is 466 g/mol. The van der Waals surface area contributed by atoms with Gasteiger partial charge in [0, 0.05) is 17.4 Å². The van der Waals surface area contributed by atoms with E-state index >= 15 is 0 Å². The molecule has 196 valence electrons. The zero-order valence-electron chi connectivity index (χ0n) is 22.2. The van der Waals surface area contributed by atoms with Crippen molar-refractivity contribution in [2.45, 2.75) is 70.7 Å². The number of rotatable bonds is 5. The zero-order valence-corrected chi connectivity index (χ0v) is 22.2. The first-order valence-corrected chi connectivity index (χ1v) is 13.3. The van der Waals surface area contributed by atoms with E-state index in [9.17, 15) is 9.59 Å². The highest BCUT2D eigenvalue weighted by Gasteiger charge is 2.41. The maximum atomic E-state index is 13.6. The van der Waals surface area contributed by atoms with Gasteiger partial charge in [0.25, 0.3) is 5.91 Å². The van der Waals surface area contributed by atoms with Gasteiger partial charge in [-0.2, -0.15) is 0 Å².